The Kier molecular flexibility index (Phi) is 5.25. The maximum atomic E-state index is 11.4. The van der Waals surface area contributed by atoms with E-state index in [2.05, 4.69) is 29.4 Å². The molecule has 0 aliphatic carbocycles. The highest BCUT2D eigenvalue weighted by atomic mass is 16.4. The fourth-order valence-electron chi connectivity index (χ4n) is 2.10. The number of aliphatic carboxylic acids is 1. The summed E-state index contributed by atoms with van der Waals surface area (Å²) >= 11 is 0. The zero-order valence-corrected chi connectivity index (χ0v) is 11.5. The van der Waals surface area contributed by atoms with Crippen molar-refractivity contribution in [3.05, 3.63) is 5.82 Å². The first-order chi connectivity index (χ1) is 8.51. The Labute approximate surface area is 107 Å². The number of nitrogens with zero attached hydrogens (tertiary/aromatic N) is 4. The molecule has 1 unspecified atom stereocenters. The Morgan fingerprint density at radius 1 is 1.33 bits per heavy atom. The van der Waals surface area contributed by atoms with Gasteiger partial charge in [-0.2, -0.15) is 0 Å². The lowest BCUT2D eigenvalue weighted by atomic mass is 10.0. The summed E-state index contributed by atoms with van der Waals surface area (Å²) in [5, 5.41) is 20.9. The van der Waals surface area contributed by atoms with Crippen LogP contribution in [0.25, 0.3) is 0 Å². The molecule has 0 aliphatic heterocycles. The molecule has 0 amide bonds. The molecule has 1 heterocycles. The van der Waals surface area contributed by atoms with Crippen LogP contribution < -0.4 is 0 Å². The molecule has 1 atom stereocenters. The van der Waals surface area contributed by atoms with Crippen LogP contribution in [0.15, 0.2) is 0 Å². The Bertz CT molecular complexity index is 385. The van der Waals surface area contributed by atoms with Crippen molar-refractivity contribution in [3.63, 3.8) is 0 Å². The molecule has 1 aromatic heterocycles. The third-order valence-corrected chi connectivity index (χ3v) is 3.14. The van der Waals surface area contributed by atoms with Crippen molar-refractivity contribution in [1.29, 1.82) is 0 Å². The van der Waals surface area contributed by atoms with Crippen LogP contribution in [0.4, 0.5) is 0 Å². The summed E-state index contributed by atoms with van der Waals surface area (Å²) in [6.45, 7) is 8.12. The maximum Gasteiger partial charge on any atom is 0.328 e. The highest BCUT2D eigenvalue weighted by molar-refractivity contribution is 5.71. The smallest absolute Gasteiger partial charge is 0.328 e. The van der Waals surface area contributed by atoms with Crippen LogP contribution in [0, 0.1) is 5.92 Å². The van der Waals surface area contributed by atoms with E-state index < -0.39 is 12.0 Å². The Morgan fingerprint density at radius 2 is 1.94 bits per heavy atom. The van der Waals surface area contributed by atoms with Gasteiger partial charge >= 0.3 is 5.97 Å². The summed E-state index contributed by atoms with van der Waals surface area (Å²) in [5.41, 5.74) is 0. The van der Waals surface area contributed by atoms with Crippen LogP contribution in [0.5, 0.6) is 0 Å². The lowest BCUT2D eigenvalue weighted by molar-refractivity contribution is -0.141. The molecule has 1 aromatic rings. The van der Waals surface area contributed by atoms with E-state index in [0.29, 0.717) is 12.2 Å². The Morgan fingerprint density at radius 3 is 2.39 bits per heavy atom. The summed E-state index contributed by atoms with van der Waals surface area (Å²) in [5.74, 6) is 0.315. The minimum Gasteiger partial charge on any atom is -0.480 e. The molecule has 0 aromatic carbocycles. The zero-order chi connectivity index (χ0) is 13.7. The number of aromatic nitrogens is 4. The second kappa shape index (κ2) is 6.47. The molecule has 1 N–H and O–H groups in total. The van der Waals surface area contributed by atoms with E-state index in [9.17, 15) is 9.90 Å². The molecule has 0 aliphatic rings. The second-order valence-electron chi connectivity index (χ2n) is 4.98. The summed E-state index contributed by atoms with van der Waals surface area (Å²) < 4.78 is 1.49. The van der Waals surface area contributed by atoms with Gasteiger partial charge in [0.05, 0.1) is 0 Å². The molecule has 0 radical (unpaired) electrons. The van der Waals surface area contributed by atoms with Gasteiger partial charge in [-0.05, 0) is 35.6 Å². The molecule has 0 fully saturated rings. The van der Waals surface area contributed by atoms with E-state index in [4.69, 9.17) is 0 Å². The number of tetrazole rings is 1. The molecular weight excluding hydrogens is 232 g/mol. The van der Waals surface area contributed by atoms with E-state index in [1.807, 2.05) is 13.8 Å². The average molecular weight is 254 g/mol. The Hall–Kier alpha value is -1.46. The number of rotatable bonds is 7. The number of hydrogen-bond acceptors (Lipinski definition) is 4. The zero-order valence-electron chi connectivity index (χ0n) is 11.5. The summed E-state index contributed by atoms with van der Waals surface area (Å²) in [6.07, 6.45) is 2.35. The molecule has 1 rings (SSSR count). The highest BCUT2D eigenvalue weighted by Gasteiger charge is 2.27. The summed E-state index contributed by atoms with van der Waals surface area (Å²) in [4.78, 5) is 11.4. The molecule has 0 bridgehead atoms. The predicted molar refractivity (Wildman–Crippen MR) is 67.3 cm³/mol. The molecule has 6 heteroatoms. The van der Waals surface area contributed by atoms with Crippen molar-refractivity contribution < 1.29 is 9.90 Å². The van der Waals surface area contributed by atoms with Gasteiger partial charge in [0.25, 0.3) is 0 Å². The largest absolute Gasteiger partial charge is 0.480 e. The normalized spacial score (nSPS) is 13.2. The topological polar surface area (TPSA) is 80.9 Å². The van der Waals surface area contributed by atoms with Crippen LogP contribution in [-0.4, -0.2) is 31.3 Å². The Balaban J connectivity index is 3.05. The van der Waals surface area contributed by atoms with Crippen LogP contribution in [0.2, 0.25) is 0 Å². The molecule has 0 spiro atoms. The number of carboxylic acid groups (broad SMARTS) is 1. The standard InChI is InChI=1S/C12H22N4O2/c1-5-9(6-2)11-13-14-15-16(11)10(12(17)18)7-8(3)4/h8-10H,5-7H2,1-4H3,(H,17,18). The molecule has 6 nitrogen and oxygen atoms in total. The van der Waals surface area contributed by atoms with Crippen LogP contribution in [-0.2, 0) is 4.79 Å². The lowest BCUT2D eigenvalue weighted by Crippen LogP contribution is -2.25. The van der Waals surface area contributed by atoms with Gasteiger partial charge in [0.1, 0.15) is 0 Å². The van der Waals surface area contributed by atoms with Gasteiger partial charge < -0.3 is 5.11 Å². The fourth-order valence-corrected chi connectivity index (χ4v) is 2.10. The molecule has 102 valence electrons. The number of hydrogen-bond donors (Lipinski definition) is 1. The first-order valence-corrected chi connectivity index (χ1v) is 6.51. The van der Waals surface area contributed by atoms with Gasteiger partial charge in [0.15, 0.2) is 11.9 Å². The number of carbonyl (C=O) groups is 1. The second-order valence-corrected chi connectivity index (χ2v) is 4.98. The van der Waals surface area contributed by atoms with Gasteiger partial charge in [-0.1, -0.05) is 27.7 Å². The van der Waals surface area contributed by atoms with Crippen LogP contribution in [0.1, 0.15) is 64.7 Å². The minimum absolute atomic E-state index is 0.217. The van der Waals surface area contributed by atoms with Crippen LogP contribution in [0.3, 0.4) is 0 Å². The number of carboxylic acids is 1. The van der Waals surface area contributed by atoms with Crippen molar-refractivity contribution in [2.45, 2.75) is 58.9 Å². The van der Waals surface area contributed by atoms with Gasteiger partial charge in [0.2, 0.25) is 0 Å². The van der Waals surface area contributed by atoms with E-state index >= 15 is 0 Å². The molecule has 18 heavy (non-hydrogen) atoms. The van der Waals surface area contributed by atoms with Gasteiger partial charge in [-0.15, -0.1) is 5.10 Å². The van der Waals surface area contributed by atoms with Gasteiger partial charge in [0, 0.05) is 5.92 Å². The van der Waals surface area contributed by atoms with E-state index in [0.717, 1.165) is 12.8 Å². The minimum atomic E-state index is -0.872. The highest BCUT2D eigenvalue weighted by Crippen LogP contribution is 2.25. The summed E-state index contributed by atoms with van der Waals surface area (Å²) in [7, 11) is 0. The molecule has 0 saturated carbocycles. The summed E-state index contributed by atoms with van der Waals surface area (Å²) in [6, 6.07) is -0.671. The molecule has 0 saturated heterocycles. The van der Waals surface area contributed by atoms with Crippen molar-refractivity contribution >= 4 is 5.97 Å². The monoisotopic (exact) mass is 254 g/mol. The third kappa shape index (κ3) is 3.27. The predicted octanol–water partition coefficient (Wildman–Crippen LogP) is 2.25. The quantitative estimate of drug-likeness (QED) is 0.807. The lowest BCUT2D eigenvalue weighted by Gasteiger charge is -2.18. The van der Waals surface area contributed by atoms with E-state index in [1.165, 1.54) is 4.68 Å². The van der Waals surface area contributed by atoms with E-state index in [1.54, 1.807) is 0 Å². The van der Waals surface area contributed by atoms with Crippen LogP contribution >= 0.6 is 0 Å². The first-order valence-electron chi connectivity index (χ1n) is 6.51. The van der Waals surface area contributed by atoms with Gasteiger partial charge in [-0.25, -0.2) is 9.48 Å². The SMILES string of the molecule is CCC(CC)c1nnnn1C(CC(C)C)C(=O)O. The van der Waals surface area contributed by atoms with Crippen molar-refractivity contribution in [3.8, 4) is 0 Å². The van der Waals surface area contributed by atoms with Crippen molar-refractivity contribution in [2.75, 3.05) is 0 Å². The average Bonchev–Trinajstić information content (AvgIpc) is 2.76. The molecular formula is C12H22N4O2. The first kappa shape index (κ1) is 14.6. The fraction of sp³-hybridized carbons (Fsp3) is 0.833. The maximum absolute atomic E-state index is 11.4. The van der Waals surface area contributed by atoms with Crippen molar-refractivity contribution in [1.82, 2.24) is 20.2 Å². The van der Waals surface area contributed by atoms with E-state index in [-0.39, 0.29) is 11.8 Å². The van der Waals surface area contributed by atoms with Crippen molar-refractivity contribution in [2.24, 2.45) is 5.92 Å². The third-order valence-electron chi connectivity index (χ3n) is 3.14. The van der Waals surface area contributed by atoms with Gasteiger partial charge in [-0.3, -0.25) is 0 Å².